The number of rotatable bonds is 4. The van der Waals surface area contributed by atoms with Crippen molar-refractivity contribution in [2.45, 2.75) is 19.8 Å². The average Bonchev–Trinajstić information content (AvgIpc) is 3.33. The smallest absolute Gasteiger partial charge is 0.261 e. The molecule has 1 aliphatic rings. The summed E-state index contributed by atoms with van der Waals surface area (Å²) < 4.78 is 5.26. The third-order valence-corrected chi connectivity index (χ3v) is 4.57. The van der Waals surface area contributed by atoms with Crippen molar-refractivity contribution in [3.05, 3.63) is 60.0 Å². The van der Waals surface area contributed by atoms with Crippen LogP contribution in [0.25, 0.3) is 11.3 Å². The molecule has 1 N–H and O–H groups in total. The summed E-state index contributed by atoms with van der Waals surface area (Å²) in [4.78, 5) is 19.5. The van der Waals surface area contributed by atoms with Crippen molar-refractivity contribution in [3.8, 4) is 11.3 Å². The number of amides is 1. The van der Waals surface area contributed by atoms with Crippen molar-refractivity contribution in [2.75, 3.05) is 23.3 Å². The Morgan fingerprint density at radius 1 is 1.12 bits per heavy atom. The van der Waals surface area contributed by atoms with Crippen LogP contribution in [0.1, 0.15) is 29.0 Å². The molecule has 1 amide bonds. The van der Waals surface area contributed by atoms with Crippen LogP contribution in [0.2, 0.25) is 0 Å². The first-order valence-corrected chi connectivity index (χ1v) is 8.76. The van der Waals surface area contributed by atoms with Crippen LogP contribution < -0.4 is 10.2 Å². The highest BCUT2D eigenvalue weighted by Gasteiger charge is 2.22. The lowest BCUT2D eigenvalue weighted by Gasteiger charge is -2.16. The quantitative estimate of drug-likeness (QED) is 0.774. The van der Waals surface area contributed by atoms with Crippen LogP contribution in [0.5, 0.6) is 0 Å². The number of nitrogens with one attached hydrogen (secondary N) is 1. The van der Waals surface area contributed by atoms with Crippen LogP contribution in [0.4, 0.5) is 11.5 Å². The first-order chi connectivity index (χ1) is 12.7. The lowest BCUT2D eigenvalue weighted by atomic mass is 10.1. The topological polar surface area (TPSA) is 71.3 Å². The van der Waals surface area contributed by atoms with E-state index in [0.717, 1.165) is 24.5 Å². The maximum absolute atomic E-state index is 12.8. The van der Waals surface area contributed by atoms with Gasteiger partial charge in [0.2, 0.25) is 0 Å². The number of carbonyl (C=O) groups excluding carboxylic acids is 1. The molecule has 2 aromatic heterocycles. The molecule has 1 aliphatic heterocycles. The molecule has 0 spiro atoms. The first-order valence-electron chi connectivity index (χ1n) is 8.76. The molecular formula is C20H20N4O2. The van der Waals surface area contributed by atoms with Crippen molar-refractivity contribution in [1.29, 1.82) is 0 Å². The number of aryl methyl sites for hydroxylation is 1. The summed E-state index contributed by atoms with van der Waals surface area (Å²) in [6, 6.07) is 13.4. The minimum absolute atomic E-state index is 0.252. The van der Waals surface area contributed by atoms with Crippen LogP contribution in [-0.4, -0.2) is 29.1 Å². The Bertz CT molecular complexity index is 897. The van der Waals surface area contributed by atoms with Crippen LogP contribution in [-0.2, 0) is 0 Å². The van der Waals surface area contributed by atoms with Gasteiger partial charge in [0.25, 0.3) is 5.91 Å². The molecule has 0 radical (unpaired) electrons. The SMILES string of the molecule is Cc1onc(-c2ccccc2)c1C(=O)Nc1ccc(N2CCCC2)nc1. The second-order valence-corrected chi connectivity index (χ2v) is 6.38. The first kappa shape index (κ1) is 16.3. The maximum Gasteiger partial charge on any atom is 0.261 e. The van der Waals surface area contributed by atoms with Gasteiger partial charge in [-0.05, 0) is 31.9 Å². The summed E-state index contributed by atoms with van der Waals surface area (Å²) in [6.45, 7) is 3.82. The molecule has 0 aliphatic carbocycles. The standard InChI is InChI=1S/C20H20N4O2/c1-14-18(19(23-26-14)15-7-3-2-4-8-15)20(25)22-16-9-10-17(21-13-16)24-11-5-6-12-24/h2-4,7-10,13H,5-6,11-12H2,1H3,(H,22,25). The van der Waals surface area contributed by atoms with E-state index in [2.05, 4.69) is 20.4 Å². The molecule has 132 valence electrons. The van der Waals surface area contributed by atoms with Gasteiger partial charge < -0.3 is 14.7 Å². The zero-order valence-electron chi connectivity index (χ0n) is 14.6. The van der Waals surface area contributed by atoms with Gasteiger partial charge in [-0.1, -0.05) is 35.5 Å². The molecular weight excluding hydrogens is 328 g/mol. The molecule has 3 aromatic rings. The van der Waals surface area contributed by atoms with Gasteiger partial charge in [-0.3, -0.25) is 4.79 Å². The number of anilines is 2. The third-order valence-electron chi connectivity index (χ3n) is 4.57. The molecule has 6 heteroatoms. The molecule has 0 atom stereocenters. The Morgan fingerprint density at radius 2 is 1.88 bits per heavy atom. The largest absolute Gasteiger partial charge is 0.360 e. The van der Waals surface area contributed by atoms with Gasteiger partial charge in [0.1, 0.15) is 22.8 Å². The fourth-order valence-corrected chi connectivity index (χ4v) is 3.22. The molecule has 4 rings (SSSR count). The van der Waals surface area contributed by atoms with E-state index in [0.29, 0.717) is 22.7 Å². The summed E-state index contributed by atoms with van der Waals surface area (Å²) in [5.41, 5.74) is 2.48. The number of benzene rings is 1. The van der Waals surface area contributed by atoms with Crippen molar-refractivity contribution >= 4 is 17.4 Å². The van der Waals surface area contributed by atoms with Crippen molar-refractivity contribution in [3.63, 3.8) is 0 Å². The van der Waals surface area contributed by atoms with Crippen LogP contribution in [0.3, 0.4) is 0 Å². The average molecular weight is 348 g/mol. The van der Waals surface area contributed by atoms with Crippen molar-refractivity contribution in [1.82, 2.24) is 10.1 Å². The number of nitrogens with zero attached hydrogens (tertiary/aromatic N) is 3. The molecule has 0 unspecified atom stereocenters. The number of hydrogen-bond acceptors (Lipinski definition) is 5. The summed E-state index contributed by atoms with van der Waals surface area (Å²) >= 11 is 0. The fraction of sp³-hybridized carbons (Fsp3) is 0.250. The molecule has 26 heavy (non-hydrogen) atoms. The van der Waals surface area contributed by atoms with Crippen LogP contribution in [0.15, 0.2) is 53.2 Å². The zero-order valence-corrected chi connectivity index (χ0v) is 14.6. The molecule has 0 bridgehead atoms. The van der Waals surface area contributed by atoms with Gasteiger partial charge in [-0.2, -0.15) is 0 Å². The highest BCUT2D eigenvalue weighted by atomic mass is 16.5. The highest BCUT2D eigenvalue weighted by Crippen LogP contribution is 2.26. The monoisotopic (exact) mass is 348 g/mol. The third kappa shape index (κ3) is 3.18. The summed E-state index contributed by atoms with van der Waals surface area (Å²) in [5.74, 6) is 1.19. The van der Waals surface area contributed by atoms with E-state index in [1.54, 1.807) is 13.1 Å². The molecule has 6 nitrogen and oxygen atoms in total. The Kier molecular flexibility index (Phi) is 4.39. The lowest BCUT2D eigenvalue weighted by Crippen LogP contribution is -2.19. The van der Waals surface area contributed by atoms with Crippen molar-refractivity contribution in [2.24, 2.45) is 0 Å². The van der Waals surface area contributed by atoms with E-state index in [1.807, 2.05) is 42.5 Å². The Balaban J connectivity index is 1.54. The van der Waals surface area contributed by atoms with E-state index < -0.39 is 0 Å². The highest BCUT2D eigenvalue weighted by molar-refractivity contribution is 6.08. The van der Waals surface area contributed by atoms with Crippen LogP contribution >= 0.6 is 0 Å². The predicted octanol–water partition coefficient (Wildman–Crippen LogP) is 3.90. The molecule has 3 heterocycles. The lowest BCUT2D eigenvalue weighted by molar-refractivity contribution is 0.102. The molecule has 0 saturated carbocycles. The molecule has 1 saturated heterocycles. The summed E-state index contributed by atoms with van der Waals surface area (Å²) in [6.07, 6.45) is 4.10. The van der Waals surface area contributed by atoms with Gasteiger partial charge in [0.15, 0.2) is 0 Å². The number of carbonyl (C=O) groups is 1. The normalized spacial score (nSPS) is 13.8. The Labute approximate surface area is 151 Å². The Morgan fingerprint density at radius 3 is 2.58 bits per heavy atom. The van der Waals surface area contributed by atoms with E-state index in [1.165, 1.54) is 12.8 Å². The minimum atomic E-state index is -0.252. The van der Waals surface area contributed by atoms with E-state index >= 15 is 0 Å². The van der Waals surface area contributed by atoms with Crippen molar-refractivity contribution < 1.29 is 9.32 Å². The zero-order chi connectivity index (χ0) is 17.9. The second-order valence-electron chi connectivity index (χ2n) is 6.38. The molecule has 1 fully saturated rings. The Hall–Kier alpha value is -3.15. The fourth-order valence-electron chi connectivity index (χ4n) is 3.22. The van der Waals surface area contributed by atoms with Gasteiger partial charge in [-0.25, -0.2) is 4.98 Å². The van der Waals surface area contributed by atoms with Crippen LogP contribution in [0, 0.1) is 6.92 Å². The number of aromatic nitrogens is 2. The predicted molar refractivity (Wildman–Crippen MR) is 100 cm³/mol. The molecule has 1 aromatic carbocycles. The van der Waals surface area contributed by atoms with Gasteiger partial charge in [0, 0.05) is 18.7 Å². The van der Waals surface area contributed by atoms with E-state index in [4.69, 9.17) is 4.52 Å². The van der Waals surface area contributed by atoms with E-state index in [-0.39, 0.29) is 5.91 Å². The van der Waals surface area contributed by atoms with E-state index in [9.17, 15) is 4.79 Å². The number of pyridine rings is 1. The van der Waals surface area contributed by atoms with Gasteiger partial charge in [0.05, 0.1) is 11.9 Å². The maximum atomic E-state index is 12.8. The van der Waals surface area contributed by atoms with Gasteiger partial charge >= 0.3 is 0 Å². The number of hydrogen-bond donors (Lipinski definition) is 1. The summed E-state index contributed by atoms with van der Waals surface area (Å²) in [5, 5.41) is 6.95. The second kappa shape index (κ2) is 7.00. The summed E-state index contributed by atoms with van der Waals surface area (Å²) in [7, 11) is 0. The van der Waals surface area contributed by atoms with Gasteiger partial charge in [-0.15, -0.1) is 0 Å². The minimum Gasteiger partial charge on any atom is -0.360 e.